The molecule has 2 aromatic carbocycles. The molecule has 7 heteroatoms. The summed E-state index contributed by atoms with van der Waals surface area (Å²) in [6.45, 7) is 0.493. The second kappa shape index (κ2) is 8.43. The van der Waals surface area contributed by atoms with Gasteiger partial charge in [0.2, 0.25) is 0 Å². The molecule has 3 N–H and O–H groups in total. The smallest absolute Gasteiger partial charge is 0.320 e. The van der Waals surface area contributed by atoms with Gasteiger partial charge in [0.25, 0.3) is 0 Å². The second-order valence-electron chi connectivity index (χ2n) is 6.51. The highest BCUT2D eigenvalue weighted by molar-refractivity contribution is 6.00. The third kappa shape index (κ3) is 4.35. The summed E-state index contributed by atoms with van der Waals surface area (Å²) in [7, 11) is 1.65. The summed E-state index contributed by atoms with van der Waals surface area (Å²) < 4.78 is 5.20. The van der Waals surface area contributed by atoms with Gasteiger partial charge < -0.3 is 10.1 Å². The summed E-state index contributed by atoms with van der Waals surface area (Å²) in [5.41, 5.74) is 3.91. The number of methoxy groups -OCH3 is 1. The van der Waals surface area contributed by atoms with Crippen LogP contribution in [0.2, 0.25) is 0 Å². The molecular formula is C22H21N5O2. The minimum absolute atomic E-state index is 0.298. The maximum atomic E-state index is 12.2. The first-order valence-corrected chi connectivity index (χ1v) is 9.30. The van der Waals surface area contributed by atoms with E-state index in [1.165, 1.54) is 0 Å². The van der Waals surface area contributed by atoms with Crippen LogP contribution in [0.5, 0.6) is 5.75 Å². The van der Waals surface area contributed by atoms with E-state index in [2.05, 4.69) is 25.8 Å². The fourth-order valence-corrected chi connectivity index (χ4v) is 3.08. The number of carbonyl (C=O) groups excluding carboxylic acids is 1. The maximum absolute atomic E-state index is 12.2. The lowest BCUT2D eigenvalue weighted by atomic mass is 10.0. The van der Waals surface area contributed by atoms with Gasteiger partial charge in [0, 0.05) is 30.2 Å². The Morgan fingerprint density at radius 3 is 2.66 bits per heavy atom. The summed E-state index contributed by atoms with van der Waals surface area (Å²) in [6.07, 6.45) is 2.41. The summed E-state index contributed by atoms with van der Waals surface area (Å²) >= 11 is 0. The molecule has 7 nitrogen and oxygen atoms in total. The predicted octanol–water partition coefficient (Wildman–Crippen LogP) is 4.00. The zero-order valence-electron chi connectivity index (χ0n) is 16.0. The molecular weight excluding hydrogens is 366 g/mol. The number of hydrogen-bond donors (Lipinski definition) is 3. The van der Waals surface area contributed by atoms with Crippen LogP contribution >= 0.6 is 0 Å². The number of amides is 2. The zero-order chi connectivity index (χ0) is 20.1. The average Bonchev–Trinajstić information content (AvgIpc) is 3.16. The number of H-pyrrole nitrogens is 1. The van der Waals surface area contributed by atoms with E-state index in [9.17, 15) is 4.79 Å². The first kappa shape index (κ1) is 18.5. The minimum atomic E-state index is -0.298. The molecule has 4 aromatic rings. The van der Waals surface area contributed by atoms with Gasteiger partial charge in [-0.1, -0.05) is 24.3 Å². The van der Waals surface area contributed by atoms with Gasteiger partial charge in [0.1, 0.15) is 5.75 Å². The molecule has 0 unspecified atom stereocenters. The second-order valence-corrected chi connectivity index (χ2v) is 6.51. The van der Waals surface area contributed by atoms with Crippen molar-refractivity contribution in [3.8, 4) is 16.9 Å². The number of nitrogens with one attached hydrogen (secondary N) is 3. The Morgan fingerprint density at radius 2 is 1.90 bits per heavy atom. The Bertz CT molecular complexity index is 1110. The average molecular weight is 387 g/mol. The number of anilines is 1. The molecule has 0 bridgehead atoms. The van der Waals surface area contributed by atoms with E-state index >= 15 is 0 Å². The molecule has 0 radical (unpaired) electrons. The molecule has 0 aliphatic rings. The maximum Gasteiger partial charge on any atom is 0.320 e. The number of nitrogens with zero attached hydrogens (tertiary/aromatic N) is 2. The highest BCUT2D eigenvalue weighted by atomic mass is 16.5. The van der Waals surface area contributed by atoms with Crippen molar-refractivity contribution in [1.82, 2.24) is 20.5 Å². The van der Waals surface area contributed by atoms with Crippen molar-refractivity contribution in [2.45, 2.75) is 6.42 Å². The molecule has 4 rings (SSSR count). The third-order valence-electron chi connectivity index (χ3n) is 4.61. The topological polar surface area (TPSA) is 91.9 Å². The molecule has 0 saturated heterocycles. The van der Waals surface area contributed by atoms with Gasteiger partial charge in [-0.3, -0.25) is 15.4 Å². The first-order chi connectivity index (χ1) is 14.2. The molecule has 0 spiro atoms. The number of rotatable bonds is 6. The van der Waals surface area contributed by atoms with Gasteiger partial charge in [-0.2, -0.15) is 5.10 Å². The van der Waals surface area contributed by atoms with Crippen LogP contribution in [0.4, 0.5) is 10.6 Å². The number of carbonyl (C=O) groups is 1. The van der Waals surface area contributed by atoms with E-state index in [0.717, 1.165) is 33.5 Å². The SMILES string of the molecule is COc1ccc(-c2ccc3c(NC(=O)NCCc4ccccn4)n[nH]c3c2)cc1. The lowest BCUT2D eigenvalue weighted by Crippen LogP contribution is -2.30. The van der Waals surface area contributed by atoms with Gasteiger partial charge in [-0.15, -0.1) is 0 Å². The van der Waals surface area contributed by atoms with Gasteiger partial charge in [-0.05, 0) is 47.5 Å². The lowest BCUT2D eigenvalue weighted by molar-refractivity contribution is 0.252. The first-order valence-electron chi connectivity index (χ1n) is 9.30. The van der Waals surface area contributed by atoms with Crippen molar-refractivity contribution < 1.29 is 9.53 Å². The monoisotopic (exact) mass is 387 g/mol. The van der Waals surface area contributed by atoms with E-state index in [-0.39, 0.29) is 6.03 Å². The van der Waals surface area contributed by atoms with Crippen LogP contribution in [0, 0.1) is 0 Å². The number of fused-ring (bicyclic) bond motifs is 1. The van der Waals surface area contributed by atoms with Crippen LogP contribution < -0.4 is 15.4 Å². The predicted molar refractivity (Wildman–Crippen MR) is 113 cm³/mol. The van der Waals surface area contributed by atoms with E-state index in [0.29, 0.717) is 18.8 Å². The largest absolute Gasteiger partial charge is 0.497 e. The Hall–Kier alpha value is -3.87. The van der Waals surface area contributed by atoms with Crippen molar-refractivity contribution in [2.75, 3.05) is 19.0 Å². The highest BCUT2D eigenvalue weighted by Gasteiger charge is 2.10. The molecule has 2 heterocycles. The summed E-state index contributed by atoms with van der Waals surface area (Å²) in [6, 6.07) is 19.2. The van der Waals surface area contributed by atoms with Gasteiger partial charge in [0.15, 0.2) is 5.82 Å². The van der Waals surface area contributed by atoms with Crippen LogP contribution in [-0.4, -0.2) is 34.9 Å². The van der Waals surface area contributed by atoms with Crippen molar-refractivity contribution >= 4 is 22.8 Å². The zero-order valence-corrected chi connectivity index (χ0v) is 16.0. The molecule has 29 heavy (non-hydrogen) atoms. The Balaban J connectivity index is 1.41. The summed E-state index contributed by atoms with van der Waals surface area (Å²) in [5, 5.41) is 13.7. The Kier molecular flexibility index (Phi) is 5.38. The van der Waals surface area contributed by atoms with Crippen LogP contribution in [0.15, 0.2) is 66.9 Å². The lowest BCUT2D eigenvalue weighted by Gasteiger charge is -2.06. The van der Waals surface area contributed by atoms with Crippen LogP contribution in [0.3, 0.4) is 0 Å². The van der Waals surface area contributed by atoms with E-state index in [4.69, 9.17) is 4.74 Å². The van der Waals surface area contributed by atoms with Crippen molar-refractivity contribution in [1.29, 1.82) is 0 Å². The van der Waals surface area contributed by atoms with Gasteiger partial charge in [-0.25, -0.2) is 4.79 Å². The number of ether oxygens (including phenoxy) is 1. The minimum Gasteiger partial charge on any atom is -0.497 e. The fourth-order valence-electron chi connectivity index (χ4n) is 3.08. The Morgan fingerprint density at radius 1 is 1.07 bits per heavy atom. The molecule has 0 saturated carbocycles. The summed E-state index contributed by atoms with van der Waals surface area (Å²) in [5.74, 6) is 1.31. The van der Waals surface area contributed by atoms with E-state index in [1.54, 1.807) is 13.3 Å². The number of hydrogen-bond acceptors (Lipinski definition) is 4. The highest BCUT2D eigenvalue weighted by Crippen LogP contribution is 2.28. The molecule has 0 aliphatic heterocycles. The van der Waals surface area contributed by atoms with Crippen molar-refractivity contribution in [3.05, 3.63) is 72.6 Å². The summed E-state index contributed by atoms with van der Waals surface area (Å²) in [4.78, 5) is 16.4. The standard InChI is InChI=1S/C22H21N5O2/c1-29-18-8-5-15(6-9-18)16-7-10-19-20(14-16)26-27-21(19)25-22(28)24-13-11-17-4-2-3-12-23-17/h2-10,12,14H,11,13H2,1H3,(H3,24,25,26,27,28). The normalized spacial score (nSPS) is 10.7. The number of urea groups is 1. The van der Waals surface area contributed by atoms with Gasteiger partial charge >= 0.3 is 6.03 Å². The fraction of sp³-hybridized carbons (Fsp3) is 0.136. The molecule has 2 aromatic heterocycles. The van der Waals surface area contributed by atoms with Crippen molar-refractivity contribution in [3.63, 3.8) is 0 Å². The van der Waals surface area contributed by atoms with E-state index < -0.39 is 0 Å². The molecule has 146 valence electrons. The van der Waals surface area contributed by atoms with Crippen LogP contribution in [0.25, 0.3) is 22.0 Å². The quantitative estimate of drug-likeness (QED) is 0.466. The third-order valence-corrected chi connectivity index (χ3v) is 4.61. The molecule has 0 atom stereocenters. The van der Waals surface area contributed by atoms with Crippen molar-refractivity contribution in [2.24, 2.45) is 0 Å². The number of aromatic nitrogens is 3. The number of aromatic amines is 1. The molecule has 0 fully saturated rings. The van der Waals surface area contributed by atoms with Crippen LogP contribution in [0.1, 0.15) is 5.69 Å². The number of benzene rings is 2. The van der Waals surface area contributed by atoms with E-state index in [1.807, 2.05) is 60.7 Å². The Labute approximate surface area is 168 Å². The molecule has 0 aliphatic carbocycles. The van der Waals surface area contributed by atoms with Crippen LogP contribution in [-0.2, 0) is 6.42 Å². The molecule has 2 amide bonds. The van der Waals surface area contributed by atoms with Gasteiger partial charge in [0.05, 0.1) is 12.6 Å². The number of pyridine rings is 1.